The third-order valence-electron chi connectivity index (χ3n) is 3.81. The monoisotopic (exact) mass is 281 g/mol. The van der Waals surface area contributed by atoms with E-state index in [1.54, 1.807) is 0 Å². The van der Waals surface area contributed by atoms with Gasteiger partial charge in [-0.25, -0.2) is 4.57 Å². The molecule has 0 radical (unpaired) electrons. The Kier molecular flexibility index (Phi) is 3.29. The number of hydrogen-bond acceptors (Lipinski definition) is 0. The average molecular weight is 281 g/mol. The van der Waals surface area contributed by atoms with Crippen LogP contribution >= 0.6 is 0 Å². The molecular formula is C17H21N4+3. The fourth-order valence-electron chi connectivity index (χ4n) is 2.75. The molecule has 4 nitrogen and oxygen atoms in total. The predicted octanol–water partition coefficient (Wildman–Crippen LogP) is 0.926. The quantitative estimate of drug-likeness (QED) is 0.622. The van der Waals surface area contributed by atoms with Crippen LogP contribution in [0.1, 0.15) is 5.56 Å². The molecule has 0 bridgehead atoms. The van der Waals surface area contributed by atoms with Crippen molar-refractivity contribution in [2.24, 2.45) is 21.1 Å². The Balaban J connectivity index is 2.21. The predicted molar refractivity (Wildman–Crippen MR) is 79.5 cm³/mol. The van der Waals surface area contributed by atoms with Crippen LogP contribution in [0, 0.1) is 6.92 Å². The SMILES string of the molecule is Cc1cn(-c2cccc(-c3cccc[n+]3C)[n+]2C)[n+](C)c1. The van der Waals surface area contributed by atoms with E-state index in [0.717, 1.165) is 5.82 Å². The van der Waals surface area contributed by atoms with E-state index >= 15 is 0 Å². The number of aromatic nitrogens is 4. The van der Waals surface area contributed by atoms with E-state index in [9.17, 15) is 0 Å². The molecule has 0 fully saturated rings. The maximum Gasteiger partial charge on any atom is 0.342 e. The number of aryl methyl sites for hydroxylation is 3. The van der Waals surface area contributed by atoms with Gasteiger partial charge in [0.25, 0.3) is 5.69 Å². The summed E-state index contributed by atoms with van der Waals surface area (Å²) in [6.07, 6.45) is 6.33. The van der Waals surface area contributed by atoms with Crippen molar-refractivity contribution in [3.8, 4) is 17.2 Å². The van der Waals surface area contributed by atoms with Gasteiger partial charge in [-0.2, -0.15) is 4.57 Å². The van der Waals surface area contributed by atoms with Gasteiger partial charge in [-0.3, -0.25) is 0 Å². The summed E-state index contributed by atoms with van der Waals surface area (Å²) in [6, 6.07) is 12.6. The van der Waals surface area contributed by atoms with Gasteiger partial charge in [0.2, 0.25) is 6.20 Å². The van der Waals surface area contributed by atoms with Crippen molar-refractivity contribution in [2.75, 3.05) is 0 Å². The van der Waals surface area contributed by atoms with E-state index in [1.807, 2.05) is 6.07 Å². The summed E-state index contributed by atoms with van der Waals surface area (Å²) in [5.74, 6) is 1.13. The minimum atomic E-state index is 1.13. The van der Waals surface area contributed by atoms with Crippen molar-refractivity contribution in [3.05, 3.63) is 60.6 Å². The first-order valence-corrected chi connectivity index (χ1v) is 7.07. The van der Waals surface area contributed by atoms with E-state index in [2.05, 4.69) is 95.5 Å². The summed E-state index contributed by atoms with van der Waals surface area (Å²) in [5, 5.41) is 0. The van der Waals surface area contributed by atoms with Crippen LogP contribution in [0.25, 0.3) is 17.2 Å². The summed E-state index contributed by atoms with van der Waals surface area (Å²) >= 11 is 0. The van der Waals surface area contributed by atoms with Gasteiger partial charge in [0, 0.05) is 22.9 Å². The third-order valence-corrected chi connectivity index (χ3v) is 3.81. The highest BCUT2D eigenvalue weighted by molar-refractivity contribution is 5.47. The summed E-state index contributed by atoms with van der Waals surface area (Å²) in [4.78, 5) is 0. The van der Waals surface area contributed by atoms with Gasteiger partial charge < -0.3 is 0 Å². The molecule has 21 heavy (non-hydrogen) atoms. The summed E-state index contributed by atoms with van der Waals surface area (Å²) < 4.78 is 8.61. The van der Waals surface area contributed by atoms with Crippen molar-refractivity contribution >= 4 is 0 Å². The molecular weight excluding hydrogens is 260 g/mol. The smallest absolute Gasteiger partial charge is 0.219 e. The number of rotatable bonds is 2. The fourth-order valence-corrected chi connectivity index (χ4v) is 2.75. The van der Waals surface area contributed by atoms with Crippen LogP contribution in [0.4, 0.5) is 0 Å². The summed E-state index contributed by atoms with van der Waals surface area (Å²) in [6.45, 7) is 2.11. The van der Waals surface area contributed by atoms with Crippen LogP contribution < -0.4 is 13.8 Å². The highest BCUT2D eigenvalue weighted by Gasteiger charge is 2.24. The molecule has 0 saturated heterocycles. The molecule has 0 saturated carbocycles. The molecule has 3 aromatic rings. The zero-order valence-corrected chi connectivity index (χ0v) is 13.0. The van der Waals surface area contributed by atoms with Gasteiger partial charge >= 0.3 is 5.82 Å². The lowest BCUT2D eigenvalue weighted by molar-refractivity contribution is -0.764. The van der Waals surface area contributed by atoms with Gasteiger partial charge in [0.05, 0.1) is 12.6 Å². The molecule has 106 valence electrons. The molecule has 0 unspecified atom stereocenters. The van der Waals surface area contributed by atoms with Crippen molar-refractivity contribution in [2.45, 2.75) is 6.92 Å². The molecule has 0 aromatic carbocycles. The molecule has 3 rings (SSSR count). The molecule has 0 aliphatic carbocycles. The lowest BCUT2D eigenvalue weighted by atomic mass is 10.2. The topological polar surface area (TPSA) is 16.6 Å². The molecule has 0 amide bonds. The Hall–Kier alpha value is -2.49. The van der Waals surface area contributed by atoms with E-state index in [4.69, 9.17) is 0 Å². The Morgan fingerprint density at radius 1 is 0.905 bits per heavy atom. The molecule has 0 atom stereocenters. The molecule has 3 heterocycles. The Bertz CT molecular complexity index is 802. The van der Waals surface area contributed by atoms with Gasteiger partial charge in [-0.1, -0.05) is 0 Å². The zero-order valence-electron chi connectivity index (χ0n) is 13.0. The standard InChI is InChI=1S/C17H21N4/c1-14-12-19(3)21(13-14)17-10-7-9-16(20(17)4)15-8-5-6-11-18(15)2/h5-13H,1-4H3/q+3. The second kappa shape index (κ2) is 5.13. The minimum Gasteiger partial charge on any atom is -0.219 e. The van der Waals surface area contributed by atoms with Crippen LogP contribution in [0.15, 0.2) is 55.0 Å². The highest BCUT2D eigenvalue weighted by atomic mass is 15.4. The maximum absolute atomic E-state index is 2.22. The van der Waals surface area contributed by atoms with E-state index in [0.29, 0.717) is 0 Å². The third kappa shape index (κ3) is 2.33. The molecule has 0 aliphatic rings. The molecule has 0 aliphatic heterocycles. The van der Waals surface area contributed by atoms with Crippen molar-refractivity contribution in [3.63, 3.8) is 0 Å². The van der Waals surface area contributed by atoms with Crippen LogP contribution in [-0.4, -0.2) is 4.68 Å². The van der Waals surface area contributed by atoms with E-state index < -0.39 is 0 Å². The Morgan fingerprint density at radius 2 is 1.67 bits per heavy atom. The van der Waals surface area contributed by atoms with Crippen LogP contribution in [0.5, 0.6) is 0 Å². The number of hydrogen-bond donors (Lipinski definition) is 0. The van der Waals surface area contributed by atoms with E-state index in [-0.39, 0.29) is 0 Å². The molecule has 0 N–H and O–H groups in total. The zero-order chi connectivity index (χ0) is 15.0. The molecule has 4 heteroatoms. The lowest BCUT2D eigenvalue weighted by Crippen LogP contribution is -2.46. The second-order valence-corrected chi connectivity index (χ2v) is 5.45. The fraction of sp³-hybridized carbons (Fsp3) is 0.235. The second-order valence-electron chi connectivity index (χ2n) is 5.45. The first-order valence-electron chi connectivity index (χ1n) is 7.07. The Morgan fingerprint density at radius 3 is 2.33 bits per heavy atom. The number of pyridine rings is 2. The largest absolute Gasteiger partial charge is 0.342 e. The summed E-state index contributed by atoms with van der Waals surface area (Å²) in [5.41, 5.74) is 3.61. The van der Waals surface area contributed by atoms with Gasteiger partial charge in [-0.05, 0) is 29.8 Å². The van der Waals surface area contributed by atoms with Crippen LogP contribution in [0.3, 0.4) is 0 Å². The van der Waals surface area contributed by atoms with Crippen molar-refractivity contribution < 1.29 is 13.8 Å². The van der Waals surface area contributed by atoms with Crippen molar-refractivity contribution in [1.29, 1.82) is 0 Å². The normalized spacial score (nSPS) is 10.9. The molecule has 3 aromatic heterocycles. The highest BCUT2D eigenvalue weighted by Crippen LogP contribution is 2.12. The van der Waals surface area contributed by atoms with Gasteiger partial charge in [0.15, 0.2) is 25.1 Å². The van der Waals surface area contributed by atoms with Crippen LogP contribution in [-0.2, 0) is 21.1 Å². The lowest BCUT2D eigenvalue weighted by Gasteiger charge is -2.04. The Labute approximate surface area is 125 Å². The van der Waals surface area contributed by atoms with E-state index in [1.165, 1.54) is 17.0 Å². The minimum absolute atomic E-state index is 1.13. The maximum atomic E-state index is 2.22. The first kappa shape index (κ1) is 13.5. The summed E-state index contributed by atoms with van der Waals surface area (Å²) in [7, 11) is 6.23. The van der Waals surface area contributed by atoms with Gasteiger partial charge in [0.1, 0.15) is 7.05 Å². The van der Waals surface area contributed by atoms with Crippen molar-refractivity contribution in [1.82, 2.24) is 4.68 Å². The van der Waals surface area contributed by atoms with Crippen LogP contribution in [0.2, 0.25) is 0 Å². The first-order chi connectivity index (χ1) is 10.1. The van der Waals surface area contributed by atoms with Gasteiger partial charge in [-0.15, -0.1) is 0 Å². The average Bonchev–Trinajstić information content (AvgIpc) is 2.79. The number of nitrogens with zero attached hydrogens (tertiary/aromatic N) is 4. The molecule has 0 spiro atoms.